The molecule has 5 rings (SSSR count). The van der Waals surface area contributed by atoms with Crippen LogP contribution in [0.5, 0.6) is 0 Å². The Balaban J connectivity index is 1.47. The van der Waals surface area contributed by atoms with Gasteiger partial charge in [0.2, 0.25) is 11.8 Å². The quantitative estimate of drug-likeness (QED) is 0.350. The van der Waals surface area contributed by atoms with E-state index in [1.54, 1.807) is 20.2 Å². The SMILES string of the molecule is COCc1nc2ccccc2n1CC(=O)N1CCCCCCCN(C(C)=O)c2cc(Cn3cccn3)ccc2C1. The second-order valence-electron chi connectivity index (χ2n) is 10.5. The molecule has 0 radical (unpaired) electrons. The Morgan fingerprint density at radius 2 is 1.77 bits per heavy atom. The van der Waals surface area contributed by atoms with Crippen molar-refractivity contribution < 1.29 is 14.3 Å². The first-order chi connectivity index (χ1) is 19.5. The standard InChI is InChI=1S/C31H38N6O3/c1-24(38)36-18-9-5-3-4-8-16-34(21-26-14-13-25(19-29(26)36)20-35-17-10-15-32-35)31(39)22-37-28-12-7-6-11-27(28)33-30(37)23-40-2/h6-7,10-15,17,19H,3-5,8-9,16,18,20-23H2,1-2H3. The summed E-state index contributed by atoms with van der Waals surface area (Å²) in [4.78, 5) is 35.3. The van der Waals surface area contributed by atoms with E-state index in [-0.39, 0.29) is 18.4 Å². The minimum absolute atomic E-state index is 0.0153. The van der Waals surface area contributed by atoms with Crippen LogP contribution in [-0.2, 0) is 40.6 Å². The number of rotatable bonds is 6. The van der Waals surface area contributed by atoms with Crippen molar-refractivity contribution in [2.45, 2.75) is 65.3 Å². The molecule has 0 saturated carbocycles. The number of imidazole rings is 1. The maximum absolute atomic E-state index is 13.9. The van der Waals surface area contributed by atoms with Crippen LogP contribution in [0.3, 0.4) is 0 Å². The van der Waals surface area contributed by atoms with Gasteiger partial charge in [-0.05, 0) is 48.2 Å². The Bertz CT molecular complexity index is 1440. The molecule has 2 aromatic carbocycles. The number of nitrogens with zero attached hydrogens (tertiary/aromatic N) is 6. The highest BCUT2D eigenvalue weighted by Gasteiger charge is 2.23. The van der Waals surface area contributed by atoms with Gasteiger partial charge in [0.05, 0.1) is 17.6 Å². The first kappa shape index (κ1) is 27.6. The maximum atomic E-state index is 13.9. The van der Waals surface area contributed by atoms with E-state index in [1.807, 2.05) is 55.6 Å². The van der Waals surface area contributed by atoms with Gasteiger partial charge in [0, 0.05) is 51.7 Å². The lowest BCUT2D eigenvalue weighted by Gasteiger charge is -2.29. The molecule has 2 aromatic heterocycles. The number of aromatic nitrogens is 4. The van der Waals surface area contributed by atoms with Crippen molar-refractivity contribution in [3.63, 3.8) is 0 Å². The van der Waals surface area contributed by atoms with Gasteiger partial charge in [-0.1, -0.05) is 43.5 Å². The van der Waals surface area contributed by atoms with Gasteiger partial charge in [0.15, 0.2) is 0 Å². The number of benzene rings is 2. The molecule has 0 spiro atoms. The largest absolute Gasteiger partial charge is 0.377 e. The number of hydrogen-bond donors (Lipinski definition) is 0. The van der Waals surface area contributed by atoms with Crippen molar-refractivity contribution in [1.29, 1.82) is 0 Å². The van der Waals surface area contributed by atoms with E-state index in [2.05, 4.69) is 23.3 Å². The Morgan fingerprint density at radius 3 is 2.55 bits per heavy atom. The molecule has 0 unspecified atom stereocenters. The van der Waals surface area contributed by atoms with Gasteiger partial charge in [-0.15, -0.1) is 0 Å². The molecule has 2 amide bonds. The molecule has 9 heteroatoms. The van der Waals surface area contributed by atoms with E-state index >= 15 is 0 Å². The maximum Gasteiger partial charge on any atom is 0.242 e. The van der Waals surface area contributed by atoms with Gasteiger partial charge in [-0.25, -0.2) is 4.98 Å². The minimum atomic E-state index is 0.0153. The predicted octanol–water partition coefficient (Wildman–Crippen LogP) is 4.77. The molecule has 1 aliphatic rings. The number of carbonyl (C=O) groups is 2. The molecule has 0 saturated heterocycles. The predicted molar refractivity (Wildman–Crippen MR) is 155 cm³/mol. The number of para-hydroxylation sites is 2. The van der Waals surface area contributed by atoms with Crippen LogP contribution in [0.15, 0.2) is 60.9 Å². The van der Waals surface area contributed by atoms with Gasteiger partial charge in [-0.2, -0.15) is 5.10 Å². The molecule has 0 N–H and O–H groups in total. The molecule has 0 aliphatic carbocycles. The first-order valence-corrected chi connectivity index (χ1v) is 14.1. The van der Waals surface area contributed by atoms with Crippen LogP contribution >= 0.6 is 0 Å². The second kappa shape index (κ2) is 12.9. The molecule has 0 atom stereocenters. The van der Waals surface area contributed by atoms with Crippen LogP contribution in [0.2, 0.25) is 0 Å². The summed E-state index contributed by atoms with van der Waals surface area (Å²) in [6.07, 6.45) is 8.81. The molecule has 1 aliphatic heterocycles. The van der Waals surface area contributed by atoms with E-state index in [9.17, 15) is 9.59 Å². The van der Waals surface area contributed by atoms with Crippen molar-refractivity contribution in [3.8, 4) is 0 Å². The van der Waals surface area contributed by atoms with Gasteiger partial charge >= 0.3 is 0 Å². The van der Waals surface area contributed by atoms with Crippen molar-refractivity contribution in [3.05, 3.63) is 77.9 Å². The molecule has 0 fully saturated rings. The molecule has 4 aromatic rings. The number of anilines is 1. The normalized spacial score (nSPS) is 14.9. The van der Waals surface area contributed by atoms with E-state index in [1.165, 1.54) is 0 Å². The fourth-order valence-corrected chi connectivity index (χ4v) is 5.50. The average Bonchev–Trinajstić information content (AvgIpc) is 3.57. The van der Waals surface area contributed by atoms with Crippen LogP contribution in [0.1, 0.15) is 56.0 Å². The second-order valence-corrected chi connectivity index (χ2v) is 10.5. The Hall–Kier alpha value is -3.98. The van der Waals surface area contributed by atoms with Gasteiger partial charge in [-0.3, -0.25) is 14.3 Å². The Morgan fingerprint density at radius 1 is 0.975 bits per heavy atom. The Labute approximate surface area is 235 Å². The number of carbonyl (C=O) groups excluding carboxylic acids is 2. The highest BCUT2D eigenvalue weighted by Crippen LogP contribution is 2.27. The van der Waals surface area contributed by atoms with Crippen LogP contribution in [0, 0.1) is 0 Å². The fraction of sp³-hybridized carbons (Fsp3) is 0.419. The lowest BCUT2D eigenvalue weighted by atomic mass is 10.0. The van der Waals surface area contributed by atoms with Gasteiger partial charge in [0.25, 0.3) is 0 Å². The van der Waals surface area contributed by atoms with Gasteiger partial charge in [0.1, 0.15) is 19.0 Å². The summed E-state index contributed by atoms with van der Waals surface area (Å²) in [5.74, 6) is 0.776. The van der Waals surface area contributed by atoms with Crippen molar-refractivity contribution in [1.82, 2.24) is 24.2 Å². The highest BCUT2D eigenvalue weighted by molar-refractivity contribution is 5.92. The molecule has 0 bridgehead atoms. The Kier molecular flexibility index (Phi) is 8.91. The third-order valence-electron chi connectivity index (χ3n) is 7.55. The zero-order valence-electron chi connectivity index (χ0n) is 23.5. The monoisotopic (exact) mass is 542 g/mol. The third kappa shape index (κ3) is 6.42. The number of hydrogen-bond acceptors (Lipinski definition) is 5. The summed E-state index contributed by atoms with van der Waals surface area (Å²) in [5.41, 5.74) is 4.68. The summed E-state index contributed by atoms with van der Waals surface area (Å²) in [6, 6.07) is 16.0. The summed E-state index contributed by atoms with van der Waals surface area (Å²) in [6.45, 7) is 4.53. The van der Waals surface area contributed by atoms with Gasteiger partial charge < -0.3 is 19.1 Å². The molecular formula is C31H38N6O3. The van der Waals surface area contributed by atoms with Crippen LogP contribution < -0.4 is 4.90 Å². The van der Waals surface area contributed by atoms with E-state index < -0.39 is 0 Å². The summed E-state index contributed by atoms with van der Waals surface area (Å²) in [7, 11) is 1.64. The molecule has 210 valence electrons. The number of amides is 2. The number of fused-ring (bicyclic) bond motifs is 2. The molecule has 3 heterocycles. The van der Waals surface area contributed by atoms with Crippen LogP contribution in [0.25, 0.3) is 11.0 Å². The summed E-state index contributed by atoms with van der Waals surface area (Å²) in [5, 5.41) is 4.34. The van der Waals surface area contributed by atoms with E-state index in [4.69, 9.17) is 9.72 Å². The van der Waals surface area contributed by atoms with E-state index in [0.717, 1.165) is 65.8 Å². The molecule has 9 nitrogen and oxygen atoms in total. The molecular weight excluding hydrogens is 504 g/mol. The minimum Gasteiger partial charge on any atom is -0.377 e. The smallest absolute Gasteiger partial charge is 0.242 e. The van der Waals surface area contributed by atoms with Crippen molar-refractivity contribution >= 4 is 28.5 Å². The molecule has 40 heavy (non-hydrogen) atoms. The zero-order valence-corrected chi connectivity index (χ0v) is 23.5. The third-order valence-corrected chi connectivity index (χ3v) is 7.55. The van der Waals surface area contributed by atoms with Crippen LogP contribution in [0.4, 0.5) is 5.69 Å². The van der Waals surface area contributed by atoms with E-state index in [0.29, 0.717) is 32.8 Å². The lowest BCUT2D eigenvalue weighted by molar-refractivity contribution is -0.132. The zero-order chi connectivity index (χ0) is 27.9. The first-order valence-electron chi connectivity index (χ1n) is 14.1. The lowest BCUT2D eigenvalue weighted by Crippen LogP contribution is -2.36. The fourth-order valence-electron chi connectivity index (χ4n) is 5.50. The van der Waals surface area contributed by atoms with Crippen molar-refractivity contribution in [2.75, 3.05) is 25.1 Å². The summed E-state index contributed by atoms with van der Waals surface area (Å²) >= 11 is 0. The number of methoxy groups -OCH3 is 1. The van der Waals surface area contributed by atoms with Crippen LogP contribution in [-0.4, -0.2) is 56.2 Å². The topological polar surface area (TPSA) is 85.5 Å². The highest BCUT2D eigenvalue weighted by atomic mass is 16.5. The van der Waals surface area contributed by atoms with Crippen molar-refractivity contribution in [2.24, 2.45) is 0 Å². The average molecular weight is 543 g/mol. The number of ether oxygens (including phenoxy) is 1. The summed E-state index contributed by atoms with van der Waals surface area (Å²) < 4.78 is 9.23.